The molecule has 2 rings (SSSR count). The van der Waals surface area contributed by atoms with E-state index in [1.807, 2.05) is 18.2 Å². The third-order valence-electron chi connectivity index (χ3n) is 1.97. The molecule has 0 aliphatic heterocycles. The first kappa shape index (κ1) is 9.08. The Balaban J connectivity index is 2.92. The number of nitrogens with one attached hydrogen (secondary N) is 1. The molecule has 14 heavy (non-hydrogen) atoms. The van der Waals surface area contributed by atoms with Gasteiger partial charge in [-0.05, 0) is 12.1 Å². The number of thiol groups is 1. The summed E-state index contributed by atoms with van der Waals surface area (Å²) >= 11 is 4.11. The number of nitrogens with zero attached hydrogens (tertiary/aromatic N) is 2. The van der Waals surface area contributed by atoms with Crippen molar-refractivity contribution in [2.24, 2.45) is 0 Å². The predicted octanol–water partition coefficient (Wildman–Crippen LogP) is 1.13. The third kappa shape index (κ3) is 1.26. The maximum atomic E-state index is 11.6. The van der Waals surface area contributed by atoms with Gasteiger partial charge in [-0.1, -0.05) is 24.9 Å². The molecule has 1 heterocycles. The van der Waals surface area contributed by atoms with Gasteiger partial charge >= 0.3 is 5.56 Å². The van der Waals surface area contributed by atoms with Gasteiger partial charge in [0.05, 0.1) is 11.0 Å². The Hall–Kier alpha value is -1.49. The maximum Gasteiger partial charge on any atom is 0.303 e. The Bertz CT molecular complexity index is 535. The quantitative estimate of drug-likeness (QED) is 0.689. The minimum absolute atomic E-state index is 0.241. The van der Waals surface area contributed by atoms with E-state index in [0.29, 0.717) is 11.3 Å². The molecule has 0 atom stereocenters. The van der Waals surface area contributed by atoms with Crippen LogP contribution in [0.4, 0.5) is 5.82 Å². The van der Waals surface area contributed by atoms with Crippen LogP contribution in [0.25, 0.3) is 11.0 Å². The summed E-state index contributed by atoms with van der Waals surface area (Å²) in [5.41, 5.74) is 1.21. The zero-order valence-corrected chi connectivity index (χ0v) is 8.45. The summed E-state index contributed by atoms with van der Waals surface area (Å²) < 4.78 is 1.29. The molecule has 1 aromatic carbocycles. The molecular formula is C9H9N3OS. The standard InChI is InChI=1S/C9H9N3OS/c1-10-8-9(13)12(14)7-5-3-2-4-6(7)11-8/h2-5,14H,1H3,(H,10,11). The second-order valence-electron chi connectivity index (χ2n) is 2.82. The molecule has 0 saturated heterocycles. The summed E-state index contributed by atoms with van der Waals surface area (Å²) in [5, 5.41) is 2.73. The van der Waals surface area contributed by atoms with E-state index in [9.17, 15) is 4.79 Å². The highest BCUT2D eigenvalue weighted by Crippen LogP contribution is 2.11. The Kier molecular flexibility index (Phi) is 2.17. The SMILES string of the molecule is CNc1nc2ccccc2n(S)c1=O. The highest BCUT2D eigenvalue weighted by atomic mass is 32.1. The van der Waals surface area contributed by atoms with Crippen LogP contribution in [0.2, 0.25) is 0 Å². The van der Waals surface area contributed by atoms with Crippen LogP contribution in [0.5, 0.6) is 0 Å². The van der Waals surface area contributed by atoms with E-state index in [-0.39, 0.29) is 5.56 Å². The summed E-state index contributed by atoms with van der Waals surface area (Å²) in [5.74, 6) is 0.304. The van der Waals surface area contributed by atoms with Crippen LogP contribution >= 0.6 is 12.8 Å². The van der Waals surface area contributed by atoms with Gasteiger partial charge in [0.2, 0.25) is 0 Å². The lowest BCUT2D eigenvalue weighted by Gasteiger charge is -2.05. The van der Waals surface area contributed by atoms with Gasteiger partial charge in [-0.15, -0.1) is 0 Å². The van der Waals surface area contributed by atoms with Crippen molar-refractivity contribution in [2.45, 2.75) is 0 Å². The molecule has 0 bridgehead atoms. The summed E-state index contributed by atoms with van der Waals surface area (Å²) in [7, 11) is 1.66. The highest BCUT2D eigenvalue weighted by Gasteiger charge is 2.05. The zero-order chi connectivity index (χ0) is 10.1. The van der Waals surface area contributed by atoms with E-state index in [2.05, 4.69) is 23.1 Å². The molecule has 5 heteroatoms. The molecule has 0 aliphatic rings. The van der Waals surface area contributed by atoms with Gasteiger partial charge in [0.25, 0.3) is 0 Å². The van der Waals surface area contributed by atoms with Crippen molar-refractivity contribution in [1.29, 1.82) is 0 Å². The van der Waals surface area contributed by atoms with Crippen molar-refractivity contribution in [3.05, 3.63) is 34.6 Å². The number of anilines is 1. The van der Waals surface area contributed by atoms with Crippen molar-refractivity contribution >= 4 is 29.7 Å². The molecule has 2 aromatic rings. The van der Waals surface area contributed by atoms with Gasteiger partial charge in [-0.2, -0.15) is 0 Å². The number of para-hydroxylation sites is 2. The number of benzene rings is 1. The van der Waals surface area contributed by atoms with Crippen molar-refractivity contribution < 1.29 is 0 Å². The Morgan fingerprint density at radius 2 is 2.14 bits per heavy atom. The van der Waals surface area contributed by atoms with Crippen LogP contribution < -0.4 is 10.9 Å². The largest absolute Gasteiger partial charge is 0.369 e. The minimum atomic E-state index is -0.241. The van der Waals surface area contributed by atoms with E-state index < -0.39 is 0 Å². The molecule has 72 valence electrons. The van der Waals surface area contributed by atoms with Crippen LogP contribution in [0.15, 0.2) is 29.1 Å². The summed E-state index contributed by atoms with van der Waals surface area (Å²) in [4.78, 5) is 15.7. The molecule has 0 spiro atoms. The lowest BCUT2D eigenvalue weighted by atomic mass is 10.3. The van der Waals surface area contributed by atoms with Gasteiger partial charge in [0.15, 0.2) is 5.82 Å². The average molecular weight is 207 g/mol. The molecule has 4 nitrogen and oxygen atoms in total. The summed E-state index contributed by atoms with van der Waals surface area (Å²) in [6.07, 6.45) is 0. The molecule has 1 N–H and O–H groups in total. The zero-order valence-electron chi connectivity index (χ0n) is 7.56. The van der Waals surface area contributed by atoms with Crippen LogP contribution in [0, 0.1) is 0 Å². The predicted molar refractivity (Wildman–Crippen MR) is 59.9 cm³/mol. The number of aromatic nitrogens is 2. The molecule has 0 fully saturated rings. The van der Waals surface area contributed by atoms with E-state index in [1.165, 1.54) is 3.97 Å². The summed E-state index contributed by atoms with van der Waals surface area (Å²) in [6, 6.07) is 7.35. The van der Waals surface area contributed by atoms with Crippen LogP contribution in [0.1, 0.15) is 0 Å². The van der Waals surface area contributed by atoms with E-state index >= 15 is 0 Å². The Morgan fingerprint density at radius 3 is 2.86 bits per heavy atom. The Morgan fingerprint density at radius 1 is 1.43 bits per heavy atom. The molecular weight excluding hydrogens is 198 g/mol. The second-order valence-corrected chi connectivity index (χ2v) is 3.22. The van der Waals surface area contributed by atoms with Crippen LogP contribution in [0.3, 0.4) is 0 Å². The molecule has 0 aliphatic carbocycles. The molecule has 0 radical (unpaired) electrons. The third-order valence-corrected chi connectivity index (χ3v) is 2.37. The molecule has 0 unspecified atom stereocenters. The fraction of sp³-hybridized carbons (Fsp3) is 0.111. The Labute approximate surface area is 86.1 Å². The average Bonchev–Trinajstić information content (AvgIpc) is 2.23. The first-order valence-electron chi connectivity index (χ1n) is 4.13. The van der Waals surface area contributed by atoms with Crippen molar-refractivity contribution in [3.8, 4) is 0 Å². The molecule has 0 saturated carbocycles. The lowest BCUT2D eigenvalue weighted by molar-refractivity contribution is 1.15. The highest BCUT2D eigenvalue weighted by molar-refractivity contribution is 7.78. The smallest absolute Gasteiger partial charge is 0.303 e. The second kappa shape index (κ2) is 3.34. The van der Waals surface area contributed by atoms with Crippen molar-refractivity contribution in [1.82, 2.24) is 8.96 Å². The van der Waals surface area contributed by atoms with Gasteiger partial charge in [-0.3, -0.25) is 4.79 Å². The summed E-state index contributed by atoms with van der Waals surface area (Å²) in [6.45, 7) is 0. The normalized spacial score (nSPS) is 10.4. The van der Waals surface area contributed by atoms with Crippen molar-refractivity contribution in [3.63, 3.8) is 0 Å². The number of hydrogen-bond acceptors (Lipinski definition) is 4. The van der Waals surface area contributed by atoms with Gasteiger partial charge < -0.3 is 5.32 Å². The first-order chi connectivity index (χ1) is 6.74. The van der Waals surface area contributed by atoms with E-state index in [4.69, 9.17) is 0 Å². The van der Waals surface area contributed by atoms with Gasteiger partial charge in [0, 0.05) is 7.05 Å². The number of fused-ring (bicyclic) bond motifs is 1. The molecule has 0 amide bonds. The first-order valence-corrected chi connectivity index (χ1v) is 4.53. The lowest BCUT2D eigenvalue weighted by Crippen LogP contribution is -2.19. The van der Waals surface area contributed by atoms with E-state index in [0.717, 1.165) is 5.52 Å². The van der Waals surface area contributed by atoms with Gasteiger partial charge in [-0.25, -0.2) is 8.96 Å². The fourth-order valence-electron chi connectivity index (χ4n) is 1.28. The molecule has 1 aromatic heterocycles. The monoisotopic (exact) mass is 207 g/mol. The van der Waals surface area contributed by atoms with Crippen LogP contribution in [-0.2, 0) is 0 Å². The number of rotatable bonds is 1. The fourth-order valence-corrected chi connectivity index (χ4v) is 1.54. The topological polar surface area (TPSA) is 46.9 Å². The maximum absolute atomic E-state index is 11.6. The van der Waals surface area contributed by atoms with E-state index in [1.54, 1.807) is 13.1 Å². The van der Waals surface area contributed by atoms with Crippen molar-refractivity contribution in [2.75, 3.05) is 12.4 Å². The van der Waals surface area contributed by atoms with Crippen LogP contribution in [-0.4, -0.2) is 16.0 Å². The number of hydrogen-bond donors (Lipinski definition) is 2. The minimum Gasteiger partial charge on any atom is -0.369 e. The van der Waals surface area contributed by atoms with Gasteiger partial charge in [0.1, 0.15) is 0 Å².